The second-order valence-electron chi connectivity index (χ2n) is 4.37. The summed E-state index contributed by atoms with van der Waals surface area (Å²) in [4.78, 5) is 5.76. The standard InChI is InChI=1S/C13H14N2S/c1-8-3-2-4-9(7-8)10-5-6-11-12(10)16-13(14)15-11/h2-4,7,10H,5-6H2,1H3,(H2,14,15). The van der Waals surface area contributed by atoms with Crippen LogP contribution in [0.4, 0.5) is 5.13 Å². The fourth-order valence-electron chi connectivity index (χ4n) is 2.45. The van der Waals surface area contributed by atoms with Crippen LogP contribution in [0.1, 0.15) is 34.0 Å². The van der Waals surface area contributed by atoms with Crippen LogP contribution in [-0.4, -0.2) is 4.98 Å². The van der Waals surface area contributed by atoms with Crippen LogP contribution < -0.4 is 5.73 Å². The lowest BCUT2D eigenvalue weighted by Crippen LogP contribution is -1.94. The van der Waals surface area contributed by atoms with Gasteiger partial charge in [-0.2, -0.15) is 0 Å². The van der Waals surface area contributed by atoms with E-state index in [1.165, 1.54) is 28.1 Å². The maximum absolute atomic E-state index is 5.77. The lowest BCUT2D eigenvalue weighted by molar-refractivity contribution is 0.790. The van der Waals surface area contributed by atoms with Gasteiger partial charge in [-0.15, -0.1) is 11.3 Å². The van der Waals surface area contributed by atoms with Crippen LogP contribution in [-0.2, 0) is 6.42 Å². The SMILES string of the molecule is Cc1cccc(C2CCc3nc(N)sc32)c1. The summed E-state index contributed by atoms with van der Waals surface area (Å²) < 4.78 is 0. The molecule has 0 saturated carbocycles. The summed E-state index contributed by atoms with van der Waals surface area (Å²) in [5.74, 6) is 0.518. The minimum Gasteiger partial charge on any atom is -0.375 e. The summed E-state index contributed by atoms with van der Waals surface area (Å²) in [6.07, 6.45) is 2.25. The van der Waals surface area contributed by atoms with Crippen LogP contribution in [0, 0.1) is 6.92 Å². The minimum absolute atomic E-state index is 0.518. The zero-order valence-corrected chi connectivity index (χ0v) is 10.1. The maximum atomic E-state index is 5.77. The van der Waals surface area contributed by atoms with Crippen LogP contribution in [0.25, 0.3) is 0 Å². The van der Waals surface area contributed by atoms with E-state index in [1.807, 2.05) is 0 Å². The largest absolute Gasteiger partial charge is 0.375 e. The fraction of sp³-hybridized carbons (Fsp3) is 0.308. The summed E-state index contributed by atoms with van der Waals surface area (Å²) >= 11 is 1.65. The molecule has 1 aliphatic carbocycles. The number of rotatable bonds is 1. The summed E-state index contributed by atoms with van der Waals surface area (Å²) in [7, 11) is 0. The predicted molar refractivity (Wildman–Crippen MR) is 67.9 cm³/mol. The highest BCUT2D eigenvalue weighted by molar-refractivity contribution is 7.15. The van der Waals surface area contributed by atoms with Gasteiger partial charge < -0.3 is 5.73 Å². The number of aryl methyl sites for hydroxylation is 2. The van der Waals surface area contributed by atoms with Gasteiger partial charge in [-0.3, -0.25) is 0 Å². The van der Waals surface area contributed by atoms with Gasteiger partial charge in [0, 0.05) is 10.8 Å². The van der Waals surface area contributed by atoms with Crippen LogP contribution in [0.15, 0.2) is 24.3 Å². The molecule has 0 fully saturated rings. The van der Waals surface area contributed by atoms with Crippen molar-refractivity contribution in [3.63, 3.8) is 0 Å². The minimum atomic E-state index is 0.518. The van der Waals surface area contributed by atoms with Gasteiger partial charge in [-0.1, -0.05) is 29.8 Å². The Balaban J connectivity index is 2.03. The second-order valence-corrected chi connectivity index (χ2v) is 5.43. The molecular weight excluding hydrogens is 216 g/mol. The second kappa shape index (κ2) is 3.59. The molecule has 1 aromatic heterocycles. The van der Waals surface area contributed by atoms with Gasteiger partial charge in [0.05, 0.1) is 5.69 Å². The molecule has 16 heavy (non-hydrogen) atoms. The Morgan fingerprint density at radius 3 is 3.12 bits per heavy atom. The topological polar surface area (TPSA) is 38.9 Å². The van der Waals surface area contributed by atoms with E-state index in [0.717, 1.165) is 6.42 Å². The van der Waals surface area contributed by atoms with E-state index in [4.69, 9.17) is 5.73 Å². The number of nitrogens with two attached hydrogens (primary N) is 1. The molecule has 2 aromatic rings. The monoisotopic (exact) mass is 230 g/mol. The first kappa shape index (κ1) is 9.85. The Kier molecular flexibility index (Phi) is 2.21. The van der Waals surface area contributed by atoms with Crippen molar-refractivity contribution in [3.8, 4) is 0 Å². The summed E-state index contributed by atoms with van der Waals surface area (Å²) in [5, 5.41) is 0.711. The Morgan fingerprint density at radius 2 is 2.31 bits per heavy atom. The number of nitrogen functional groups attached to an aromatic ring is 1. The number of fused-ring (bicyclic) bond motifs is 1. The van der Waals surface area contributed by atoms with E-state index in [2.05, 4.69) is 36.2 Å². The molecule has 1 heterocycles. The predicted octanol–water partition coefficient (Wildman–Crippen LogP) is 3.11. The molecule has 0 bridgehead atoms. The summed E-state index contributed by atoms with van der Waals surface area (Å²) in [5.41, 5.74) is 9.71. The molecule has 0 saturated heterocycles. The van der Waals surface area contributed by atoms with E-state index in [-0.39, 0.29) is 0 Å². The molecule has 0 aliphatic heterocycles. The first-order chi connectivity index (χ1) is 7.74. The van der Waals surface area contributed by atoms with Gasteiger partial charge in [0.2, 0.25) is 0 Å². The first-order valence-corrected chi connectivity index (χ1v) is 6.37. The molecule has 0 spiro atoms. The highest BCUT2D eigenvalue weighted by Gasteiger charge is 2.27. The highest BCUT2D eigenvalue weighted by atomic mass is 32.1. The third-order valence-corrected chi connectivity index (χ3v) is 4.22. The van der Waals surface area contributed by atoms with Crippen molar-refractivity contribution in [2.75, 3.05) is 5.73 Å². The Hall–Kier alpha value is -1.35. The number of hydrogen-bond acceptors (Lipinski definition) is 3. The molecule has 0 amide bonds. The third kappa shape index (κ3) is 1.52. The van der Waals surface area contributed by atoms with E-state index >= 15 is 0 Å². The fourth-order valence-corrected chi connectivity index (χ4v) is 3.49. The average molecular weight is 230 g/mol. The van der Waals surface area contributed by atoms with Gasteiger partial charge in [-0.25, -0.2) is 4.98 Å². The van der Waals surface area contributed by atoms with Crippen LogP contribution >= 0.6 is 11.3 Å². The van der Waals surface area contributed by atoms with Crippen molar-refractivity contribution in [2.45, 2.75) is 25.7 Å². The zero-order valence-electron chi connectivity index (χ0n) is 9.23. The van der Waals surface area contributed by atoms with E-state index in [0.29, 0.717) is 11.0 Å². The van der Waals surface area contributed by atoms with E-state index < -0.39 is 0 Å². The zero-order chi connectivity index (χ0) is 11.1. The molecule has 82 valence electrons. The van der Waals surface area contributed by atoms with Gasteiger partial charge in [-0.05, 0) is 25.3 Å². The Morgan fingerprint density at radius 1 is 1.44 bits per heavy atom. The van der Waals surface area contributed by atoms with Gasteiger partial charge >= 0.3 is 0 Å². The lowest BCUT2D eigenvalue weighted by atomic mass is 9.97. The molecular formula is C13H14N2S. The molecule has 1 unspecified atom stereocenters. The van der Waals surface area contributed by atoms with Crippen molar-refractivity contribution in [3.05, 3.63) is 46.0 Å². The van der Waals surface area contributed by atoms with Crippen molar-refractivity contribution in [2.24, 2.45) is 0 Å². The smallest absolute Gasteiger partial charge is 0.180 e. The van der Waals surface area contributed by atoms with Crippen LogP contribution in [0.2, 0.25) is 0 Å². The number of hydrogen-bond donors (Lipinski definition) is 1. The van der Waals surface area contributed by atoms with Gasteiger partial charge in [0.1, 0.15) is 0 Å². The number of benzene rings is 1. The molecule has 0 radical (unpaired) electrons. The van der Waals surface area contributed by atoms with Gasteiger partial charge in [0.25, 0.3) is 0 Å². The molecule has 1 aliphatic rings. The number of aromatic nitrogens is 1. The molecule has 2 nitrogen and oxygen atoms in total. The maximum Gasteiger partial charge on any atom is 0.180 e. The van der Waals surface area contributed by atoms with E-state index in [1.54, 1.807) is 11.3 Å². The number of anilines is 1. The molecule has 1 aromatic carbocycles. The Labute approximate surface area is 99.1 Å². The highest BCUT2D eigenvalue weighted by Crippen LogP contribution is 2.42. The van der Waals surface area contributed by atoms with Crippen molar-refractivity contribution in [1.82, 2.24) is 4.98 Å². The van der Waals surface area contributed by atoms with E-state index in [9.17, 15) is 0 Å². The van der Waals surface area contributed by atoms with Crippen molar-refractivity contribution in [1.29, 1.82) is 0 Å². The normalized spacial score (nSPS) is 18.7. The molecule has 1 atom stereocenters. The molecule has 2 N–H and O–H groups in total. The quantitative estimate of drug-likeness (QED) is 0.817. The van der Waals surface area contributed by atoms with Crippen LogP contribution in [0.5, 0.6) is 0 Å². The number of nitrogens with zero attached hydrogens (tertiary/aromatic N) is 1. The first-order valence-electron chi connectivity index (χ1n) is 5.55. The van der Waals surface area contributed by atoms with Crippen molar-refractivity contribution >= 4 is 16.5 Å². The summed E-state index contributed by atoms with van der Waals surface area (Å²) in [6.45, 7) is 2.14. The number of thiazole rings is 1. The molecule has 3 heteroatoms. The summed E-state index contributed by atoms with van der Waals surface area (Å²) in [6, 6.07) is 8.76. The Bertz CT molecular complexity index is 530. The molecule has 3 rings (SSSR count). The van der Waals surface area contributed by atoms with Gasteiger partial charge in [0.15, 0.2) is 5.13 Å². The third-order valence-electron chi connectivity index (χ3n) is 3.17. The average Bonchev–Trinajstić information content (AvgIpc) is 2.76. The van der Waals surface area contributed by atoms with Crippen molar-refractivity contribution < 1.29 is 0 Å². The lowest BCUT2D eigenvalue weighted by Gasteiger charge is -2.10. The van der Waals surface area contributed by atoms with Crippen LogP contribution in [0.3, 0.4) is 0 Å².